The van der Waals surface area contributed by atoms with Crippen molar-refractivity contribution >= 4 is 37.5 Å². The van der Waals surface area contributed by atoms with Gasteiger partial charge in [-0.1, -0.05) is 46.3 Å². The highest BCUT2D eigenvalue weighted by molar-refractivity contribution is 9.11. The van der Waals surface area contributed by atoms with Crippen LogP contribution in [-0.4, -0.2) is 5.11 Å². The van der Waals surface area contributed by atoms with Crippen LogP contribution in [0.2, 0.25) is 0 Å². The van der Waals surface area contributed by atoms with E-state index in [1.54, 1.807) is 0 Å². The molecule has 0 amide bonds. The quantitative estimate of drug-likeness (QED) is 0.802. The molecule has 0 saturated heterocycles. The highest BCUT2D eigenvalue weighted by Crippen LogP contribution is 2.34. The monoisotopic (exact) mass is 355 g/mol. The number of rotatable bonds is 2. The Morgan fingerprint density at radius 3 is 2.35 bits per heavy atom. The van der Waals surface area contributed by atoms with E-state index < -0.39 is 6.10 Å². The molecule has 0 heterocycles. The predicted molar refractivity (Wildman–Crippen MR) is 76.8 cm³/mol. The van der Waals surface area contributed by atoms with E-state index in [1.807, 2.05) is 42.5 Å². The van der Waals surface area contributed by atoms with Crippen molar-refractivity contribution in [3.63, 3.8) is 0 Å². The highest BCUT2D eigenvalue weighted by Gasteiger charge is 2.15. The molecule has 2 aromatic carbocycles. The van der Waals surface area contributed by atoms with Gasteiger partial charge in [-0.25, -0.2) is 0 Å². The third-order valence-corrected chi connectivity index (χ3v) is 3.65. The molecule has 0 aliphatic carbocycles. The molecule has 0 saturated carbocycles. The summed E-state index contributed by atoms with van der Waals surface area (Å²) in [7, 11) is 0. The fourth-order valence-corrected chi connectivity index (χ4v) is 2.90. The summed E-state index contributed by atoms with van der Waals surface area (Å²) < 4.78 is 1.65. The number of nitrogens with two attached hydrogens (primary N) is 1. The molecule has 0 aliphatic rings. The van der Waals surface area contributed by atoms with Gasteiger partial charge in [-0.15, -0.1) is 0 Å². The molecule has 3 N–H and O–H groups in total. The molecule has 4 heteroatoms. The predicted octanol–water partition coefficient (Wildman–Crippen LogP) is 3.88. The van der Waals surface area contributed by atoms with E-state index >= 15 is 0 Å². The second-order valence-corrected chi connectivity index (χ2v) is 5.47. The smallest absolute Gasteiger partial charge is 0.106 e. The lowest BCUT2D eigenvalue weighted by molar-refractivity contribution is 0.221. The van der Waals surface area contributed by atoms with E-state index in [4.69, 9.17) is 5.73 Å². The van der Waals surface area contributed by atoms with E-state index in [0.29, 0.717) is 11.3 Å². The van der Waals surface area contributed by atoms with Crippen LogP contribution in [0.15, 0.2) is 51.4 Å². The highest BCUT2D eigenvalue weighted by atomic mass is 79.9. The Morgan fingerprint density at radius 2 is 1.71 bits per heavy atom. The Bertz CT molecular complexity index is 528. The summed E-state index contributed by atoms with van der Waals surface area (Å²) >= 11 is 6.76. The standard InChI is InChI=1S/C13H11Br2NO/c14-9-6-10(12(16)11(15)7-9)13(17)8-4-2-1-3-5-8/h1-7,13,17H,16H2/t13-/m1/s1. The number of aliphatic hydroxyl groups excluding tert-OH is 1. The molecular weight excluding hydrogens is 346 g/mol. The molecule has 0 unspecified atom stereocenters. The molecule has 0 bridgehead atoms. The van der Waals surface area contributed by atoms with Crippen LogP contribution < -0.4 is 5.73 Å². The minimum Gasteiger partial charge on any atom is -0.398 e. The first-order chi connectivity index (χ1) is 8.09. The first kappa shape index (κ1) is 12.6. The van der Waals surface area contributed by atoms with Crippen molar-refractivity contribution in [2.75, 3.05) is 5.73 Å². The zero-order chi connectivity index (χ0) is 12.4. The summed E-state index contributed by atoms with van der Waals surface area (Å²) in [6, 6.07) is 13.1. The topological polar surface area (TPSA) is 46.2 Å². The minimum atomic E-state index is -0.718. The van der Waals surface area contributed by atoms with Crippen molar-refractivity contribution in [3.8, 4) is 0 Å². The zero-order valence-electron chi connectivity index (χ0n) is 8.90. The van der Waals surface area contributed by atoms with E-state index in [2.05, 4.69) is 31.9 Å². The van der Waals surface area contributed by atoms with Crippen LogP contribution in [-0.2, 0) is 0 Å². The van der Waals surface area contributed by atoms with Crippen molar-refractivity contribution < 1.29 is 5.11 Å². The van der Waals surface area contributed by atoms with E-state index in [-0.39, 0.29) is 0 Å². The van der Waals surface area contributed by atoms with Crippen molar-refractivity contribution in [1.29, 1.82) is 0 Å². The first-order valence-corrected chi connectivity index (χ1v) is 6.65. The molecule has 0 aliphatic heterocycles. The molecule has 2 nitrogen and oxygen atoms in total. The molecule has 1 atom stereocenters. The summed E-state index contributed by atoms with van der Waals surface area (Å²) in [6.07, 6.45) is -0.718. The number of hydrogen-bond donors (Lipinski definition) is 2. The van der Waals surface area contributed by atoms with Gasteiger partial charge in [0.2, 0.25) is 0 Å². The van der Waals surface area contributed by atoms with Gasteiger partial charge in [0, 0.05) is 14.5 Å². The second-order valence-electron chi connectivity index (χ2n) is 3.70. The molecule has 2 rings (SSSR count). The number of anilines is 1. The molecule has 0 fully saturated rings. The molecule has 17 heavy (non-hydrogen) atoms. The fraction of sp³-hybridized carbons (Fsp3) is 0.0769. The van der Waals surface area contributed by atoms with Crippen molar-refractivity contribution in [3.05, 3.63) is 62.5 Å². The number of nitrogen functional groups attached to an aromatic ring is 1. The summed E-state index contributed by atoms with van der Waals surface area (Å²) in [5, 5.41) is 10.3. The van der Waals surface area contributed by atoms with Crippen LogP contribution >= 0.6 is 31.9 Å². The van der Waals surface area contributed by atoms with Gasteiger partial charge in [0.15, 0.2) is 0 Å². The van der Waals surface area contributed by atoms with Crippen molar-refractivity contribution in [2.45, 2.75) is 6.10 Å². The summed E-state index contributed by atoms with van der Waals surface area (Å²) in [5.74, 6) is 0. The zero-order valence-corrected chi connectivity index (χ0v) is 12.1. The Labute approximate surface area is 117 Å². The van der Waals surface area contributed by atoms with Gasteiger partial charge < -0.3 is 10.8 Å². The third kappa shape index (κ3) is 2.70. The SMILES string of the molecule is Nc1c(Br)cc(Br)cc1[C@H](O)c1ccccc1. The lowest BCUT2D eigenvalue weighted by Crippen LogP contribution is -2.04. The van der Waals surface area contributed by atoms with Gasteiger partial charge in [-0.05, 0) is 33.6 Å². The fourth-order valence-electron chi connectivity index (χ4n) is 1.65. The molecule has 2 aromatic rings. The number of aliphatic hydroxyl groups is 1. The van der Waals surface area contributed by atoms with Crippen LogP contribution in [0.4, 0.5) is 5.69 Å². The third-order valence-electron chi connectivity index (χ3n) is 2.54. The van der Waals surface area contributed by atoms with Gasteiger partial charge in [0.1, 0.15) is 6.10 Å². The van der Waals surface area contributed by atoms with Gasteiger partial charge in [-0.3, -0.25) is 0 Å². The van der Waals surface area contributed by atoms with Gasteiger partial charge >= 0.3 is 0 Å². The van der Waals surface area contributed by atoms with Crippen LogP contribution in [0.1, 0.15) is 17.2 Å². The van der Waals surface area contributed by atoms with Gasteiger partial charge in [0.05, 0.1) is 5.69 Å². The van der Waals surface area contributed by atoms with Crippen LogP contribution in [0, 0.1) is 0 Å². The van der Waals surface area contributed by atoms with Crippen molar-refractivity contribution in [1.82, 2.24) is 0 Å². The lowest BCUT2D eigenvalue weighted by atomic mass is 10.0. The Morgan fingerprint density at radius 1 is 1.06 bits per heavy atom. The maximum atomic E-state index is 10.3. The number of halogens is 2. The Kier molecular flexibility index (Phi) is 3.86. The maximum absolute atomic E-state index is 10.3. The average molecular weight is 357 g/mol. The van der Waals surface area contributed by atoms with Crippen LogP contribution in [0.5, 0.6) is 0 Å². The van der Waals surface area contributed by atoms with E-state index in [0.717, 1.165) is 14.5 Å². The minimum absolute atomic E-state index is 0.560. The molecule has 0 radical (unpaired) electrons. The number of hydrogen-bond acceptors (Lipinski definition) is 2. The maximum Gasteiger partial charge on any atom is 0.106 e. The lowest BCUT2D eigenvalue weighted by Gasteiger charge is -2.15. The molecular formula is C13H11Br2NO. The summed E-state index contributed by atoms with van der Waals surface area (Å²) in [6.45, 7) is 0. The van der Waals surface area contributed by atoms with Gasteiger partial charge in [0.25, 0.3) is 0 Å². The van der Waals surface area contributed by atoms with Gasteiger partial charge in [-0.2, -0.15) is 0 Å². The van der Waals surface area contributed by atoms with Crippen LogP contribution in [0.3, 0.4) is 0 Å². The molecule has 0 aromatic heterocycles. The largest absolute Gasteiger partial charge is 0.398 e. The summed E-state index contributed by atoms with van der Waals surface area (Å²) in [4.78, 5) is 0. The van der Waals surface area contributed by atoms with E-state index in [1.165, 1.54) is 0 Å². The Hall–Kier alpha value is -0.840. The van der Waals surface area contributed by atoms with Crippen molar-refractivity contribution in [2.24, 2.45) is 0 Å². The molecule has 0 spiro atoms. The van der Waals surface area contributed by atoms with E-state index in [9.17, 15) is 5.11 Å². The second kappa shape index (κ2) is 5.21. The Balaban J connectivity index is 2.48. The summed E-state index contributed by atoms with van der Waals surface area (Å²) in [5.41, 5.74) is 8.04. The number of benzene rings is 2. The average Bonchev–Trinajstić information content (AvgIpc) is 2.34. The van der Waals surface area contributed by atoms with Crippen LogP contribution in [0.25, 0.3) is 0 Å². The normalized spacial score (nSPS) is 12.4. The first-order valence-electron chi connectivity index (χ1n) is 5.07. The molecule has 88 valence electrons.